The summed E-state index contributed by atoms with van der Waals surface area (Å²) in [5.41, 5.74) is 1.86. The van der Waals surface area contributed by atoms with Gasteiger partial charge in [0.2, 0.25) is 0 Å². The molecule has 2 rings (SSSR count). The van der Waals surface area contributed by atoms with E-state index in [0.717, 1.165) is 21.9 Å². The minimum absolute atomic E-state index is 0.109. The Bertz CT molecular complexity index is 510. The van der Waals surface area contributed by atoms with Crippen LogP contribution in [0.3, 0.4) is 0 Å². The van der Waals surface area contributed by atoms with Crippen LogP contribution >= 0.6 is 11.8 Å². The number of fused-ring (bicyclic) bond motifs is 1. The summed E-state index contributed by atoms with van der Waals surface area (Å²) in [6, 6.07) is 5.72. The summed E-state index contributed by atoms with van der Waals surface area (Å²) < 4.78 is 5.16. The third kappa shape index (κ3) is 2.73. The predicted octanol–water partition coefficient (Wildman–Crippen LogP) is 2.43. The molecular formula is C12H16N2O2S. The molecule has 17 heavy (non-hydrogen) atoms. The van der Waals surface area contributed by atoms with E-state index in [9.17, 15) is 5.11 Å². The molecular weight excluding hydrogens is 236 g/mol. The highest BCUT2D eigenvalue weighted by Gasteiger charge is 2.13. The molecule has 1 aromatic heterocycles. The van der Waals surface area contributed by atoms with Crippen LogP contribution in [0.25, 0.3) is 11.0 Å². The van der Waals surface area contributed by atoms with Gasteiger partial charge in [0.1, 0.15) is 5.75 Å². The number of aliphatic hydroxyl groups is 1. The topological polar surface area (TPSA) is 58.1 Å². The molecule has 0 radical (unpaired) electrons. The van der Waals surface area contributed by atoms with E-state index in [1.165, 1.54) is 11.8 Å². The van der Waals surface area contributed by atoms with Crippen LogP contribution in [0.2, 0.25) is 0 Å². The molecule has 0 spiro atoms. The number of ether oxygens (including phenoxy) is 1. The van der Waals surface area contributed by atoms with E-state index < -0.39 is 0 Å². The number of nitrogens with zero attached hydrogens (tertiary/aromatic N) is 1. The molecule has 92 valence electrons. The van der Waals surface area contributed by atoms with Crippen LogP contribution in [-0.4, -0.2) is 33.5 Å². The van der Waals surface area contributed by atoms with Crippen molar-refractivity contribution >= 4 is 22.8 Å². The van der Waals surface area contributed by atoms with E-state index in [4.69, 9.17) is 4.74 Å². The third-order valence-corrected chi connectivity index (χ3v) is 3.83. The lowest BCUT2D eigenvalue weighted by Crippen LogP contribution is -2.15. The molecule has 0 saturated heterocycles. The number of rotatable bonds is 4. The number of H-pyrrole nitrogens is 1. The summed E-state index contributed by atoms with van der Waals surface area (Å²) in [6.45, 7) is 3.76. The second kappa shape index (κ2) is 4.98. The maximum atomic E-state index is 9.46. The molecule has 5 heteroatoms. The van der Waals surface area contributed by atoms with Crippen molar-refractivity contribution in [1.29, 1.82) is 0 Å². The van der Waals surface area contributed by atoms with Crippen molar-refractivity contribution in [2.24, 2.45) is 0 Å². The van der Waals surface area contributed by atoms with Crippen molar-refractivity contribution in [3.8, 4) is 5.75 Å². The van der Waals surface area contributed by atoms with Gasteiger partial charge in [0.25, 0.3) is 0 Å². The zero-order chi connectivity index (χ0) is 12.4. The number of methoxy groups -OCH3 is 1. The molecule has 4 nitrogen and oxygen atoms in total. The first-order chi connectivity index (χ1) is 8.10. The van der Waals surface area contributed by atoms with Crippen molar-refractivity contribution in [1.82, 2.24) is 9.97 Å². The van der Waals surface area contributed by atoms with Gasteiger partial charge in [-0.1, -0.05) is 18.7 Å². The number of hydrogen-bond acceptors (Lipinski definition) is 4. The summed E-state index contributed by atoms with van der Waals surface area (Å²) >= 11 is 1.53. The first-order valence-electron chi connectivity index (χ1n) is 5.48. The quantitative estimate of drug-likeness (QED) is 0.821. The number of aromatic nitrogens is 2. The maximum Gasteiger partial charge on any atom is 0.166 e. The zero-order valence-corrected chi connectivity index (χ0v) is 10.9. The van der Waals surface area contributed by atoms with Crippen molar-refractivity contribution in [2.45, 2.75) is 30.4 Å². The molecule has 0 fully saturated rings. The Balaban J connectivity index is 2.25. The summed E-state index contributed by atoms with van der Waals surface area (Å²) in [7, 11) is 1.64. The fourth-order valence-electron chi connectivity index (χ4n) is 1.42. The monoisotopic (exact) mass is 252 g/mol. The van der Waals surface area contributed by atoms with E-state index in [2.05, 4.69) is 9.97 Å². The zero-order valence-electron chi connectivity index (χ0n) is 10.1. The molecule has 1 heterocycles. The van der Waals surface area contributed by atoms with Gasteiger partial charge >= 0.3 is 0 Å². The van der Waals surface area contributed by atoms with Crippen LogP contribution in [0.15, 0.2) is 23.4 Å². The lowest BCUT2D eigenvalue weighted by molar-refractivity contribution is 0.196. The highest BCUT2D eigenvalue weighted by atomic mass is 32.2. The van der Waals surface area contributed by atoms with Crippen molar-refractivity contribution < 1.29 is 9.84 Å². The Morgan fingerprint density at radius 2 is 2.18 bits per heavy atom. The first kappa shape index (κ1) is 12.3. The minimum Gasteiger partial charge on any atom is -0.497 e. The molecule has 0 aliphatic rings. The Hall–Kier alpha value is -1.20. The van der Waals surface area contributed by atoms with E-state index in [1.807, 2.05) is 25.1 Å². The van der Waals surface area contributed by atoms with Gasteiger partial charge in [-0.15, -0.1) is 0 Å². The SMILES string of the molecule is COc1ccc2nc(SC(C)C(C)O)[nH]c2c1. The first-order valence-corrected chi connectivity index (χ1v) is 6.36. The molecule has 2 aromatic rings. The Labute approximate surface area is 104 Å². The van der Waals surface area contributed by atoms with Crippen LogP contribution in [-0.2, 0) is 0 Å². The fraction of sp³-hybridized carbons (Fsp3) is 0.417. The van der Waals surface area contributed by atoms with Crippen molar-refractivity contribution in [3.05, 3.63) is 18.2 Å². The van der Waals surface area contributed by atoms with Crippen LogP contribution < -0.4 is 4.74 Å². The molecule has 0 aliphatic heterocycles. The normalized spacial score (nSPS) is 14.8. The van der Waals surface area contributed by atoms with Crippen molar-refractivity contribution in [2.75, 3.05) is 7.11 Å². The van der Waals surface area contributed by atoms with Gasteiger partial charge in [-0.05, 0) is 19.1 Å². The molecule has 0 aliphatic carbocycles. The predicted molar refractivity (Wildman–Crippen MR) is 69.6 cm³/mol. The van der Waals surface area contributed by atoms with Crippen LogP contribution in [0.5, 0.6) is 5.75 Å². The third-order valence-electron chi connectivity index (χ3n) is 2.64. The summed E-state index contributed by atoms with van der Waals surface area (Å²) in [4.78, 5) is 7.67. The van der Waals surface area contributed by atoms with Gasteiger partial charge in [-0.3, -0.25) is 0 Å². The van der Waals surface area contributed by atoms with Gasteiger partial charge in [0, 0.05) is 11.3 Å². The Morgan fingerprint density at radius 3 is 2.82 bits per heavy atom. The van der Waals surface area contributed by atoms with Crippen LogP contribution in [0, 0.1) is 0 Å². The van der Waals surface area contributed by atoms with Gasteiger partial charge in [0.05, 0.1) is 24.2 Å². The molecule has 1 aromatic carbocycles. The second-order valence-corrected chi connectivity index (χ2v) is 5.35. The highest BCUT2D eigenvalue weighted by Crippen LogP contribution is 2.26. The number of nitrogens with one attached hydrogen (secondary N) is 1. The number of thioether (sulfide) groups is 1. The van der Waals surface area contributed by atoms with Gasteiger partial charge in [0.15, 0.2) is 5.16 Å². The minimum atomic E-state index is -0.359. The lowest BCUT2D eigenvalue weighted by atomic mass is 10.3. The number of imidazole rings is 1. The van der Waals surface area contributed by atoms with Crippen LogP contribution in [0.4, 0.5) is 0 Å². The average molecular weight is 252 g/mol. The Morgan fingerprint density at radius 1 is 1.41 bits per heavy atom. The summed E-state index contributed by atoms with van der Waals surface area (Å²) in [5, 5.41) is 10.4. The van der Waals surface area contributed by atoms with E-state index >= 15 is 0 Å². The van der Waals surface area contributed by atoms with Crippen molar-refractivity contribution in [3.63, 3.8) is 0 Å². The highest BCUT2D eigenvalue weighted by molar-refractivity contribution is 7.99. The van der Waals surface area contributed by atoms with Gasteiger partial charge in [-0.2, -0.15) is 0 Å². The van der Waals surface area contributed by atoms with E-state index in [1.54, 1.807) is 14.0 Å². The number of benzene rings is 1. The molecule has 2 unspecified atom stereocenters. The van der Waals surface area contributed by atoms with Gasteiger partial charge in [-0.25, -0.2) is 4.98 Å². The fourth-order valence-corrected chi connectivity index (χ4v) is 2.29. The standard InChI is InChI=1S/C12H16N2O2S/c1-7(15)8(2)17-12-13-10-5-4-9(16-3)6-11(10)14-12/h4-8,15H,1-3H3,(H,13,14). The summed E-state index contributed by atoms with van der Waals surface area (Å²) in [5.74, 6) is 0.807. The number of hydrogen-bond donors (Lipinski definition) is 2. The number of aromatic amines is 1. The Kier molecular flexibility index (Phi) is 3.59. The molecule has 0 bridgehead atoms. The largest absolute Gasteiger partial charge is 0.497 e. The molecule has 2 atom stereocenters. The molecule has 0 amide bonds. The number of aliphatic hydroxyl groups excluding tert-OH is 1. The van der Waals surface area contributed by atoms with Crippen LogP contribution in [0.1, 0.15) is 13.8 Å². The molecule has 2 N–H and O–H groups in total. The maximum absolute atomic E-state index is 9.46. The molecule has 0 saturated carbocycles. The smallest absolute Gasteiger partial charge is 0.166 e. The van der Waals surface area contributed by atoms with Gasteiger partial charge < -0.3 is 14.8 Å². The van der Waals surface area contributed by atoms with E-state index in [0.29, 0.717) is 0 Å². The summed E-state index contributed by atoms with van der Waals surface area (Å²) in [6.07, 6.45) is -0.359. The van der Waals surface area contributed by atoms with E-state index in [-0.39, 0.29) is 11.4 Å². The second-order valence-electron chi connectivity index (χ2n) is 3.99. The lowest BCUT2D eigenvalue weighted by Gasteiger charge is -2.11. The average Bonchev–Trinajstić information content (AvgIpc) is 2.69.